The standard InChI is InChI=1S/C14H18ClNO3/c1-18-14(17)12-5-4-11(15)10-13(12)19-9-8-16-6-2-3-7-16/h4-5,10H,2-3,6-9H2,1H3. The van der Waals surface area contributed by atoms with Crippen molar-refractivity contribution in [3.05, 3.63) is 28.8 Å². The molecule has 1 fully saturated rings. The molecular weight excluding hydrogens is 266 g/mol. The van der Waals surface area contributed by atoms with Crippen molar-refractivity contribution < 1.29 is 14.3 Å². The average molecular weight is 284 g/mol. The van der Waals surface area contributed by atoms with Crippen LogP contribution >= 0.6 is 11.6 Å². The molecule has 1 aliphatic heterocycles. The molecule has 0 saturated carbocycles. The fourth-order valence-corrected chi connectivity index (χ4v) is 2.35. The number of likely N-dealkylation sites (tertiary alicyclic amines) is 1. The lowest BCUT2D eigenvalue weighted by atomic mass is 10.2. The first-order valence-corrected chi connectivity index (χ1v) is 6.81. The molecule has 5 heteroatoms. The van der Waals surface area contributed by atoms with E-state index in [9.17, 15) is 4.79 Å². The highest BCUT2D eigenvalue weighted by molar-refractivity contribution is 6.30. The van der Waals surface area contributed by atoms with E-state index in [-0.39, 0.29) is 0 Å². The van der Waals surface area contributed by atoms with Gasteiger partial charge in [0.1, 0.15) is 17.9 Å². The van der Waals surface area contributed by atoms with Gasteiger partial charge in [0.2, 0.25) is 0 Å². The van der Waals surface area contributed by atoms with E-state index >= 15 is 0 Å². The second-order valence-corrected chi connectivity index (χ2v) is 4.97. The monoisotopic (exact) mass is 283 g/mol. The van der Waals surface area contributed by atoms with Crippen molar-refractivity contribution >= 4 is 17.6 Å². The third kappa shape index (κ3) is 3.85. The average Bonchev–Trinajstić information content (AvgIpc) is 2.91. The Morgan fingerprint density at radius 1 is 1.37 bits per heavy atom. The summed E-state index contributed by atoms with van der Waals surface area (Å²) in [7, 11) is 1.35. The number of esters is 1. The summed E-state index contributed by atoms with van der Waals surface area (Å²) in [5, 5.41) is 0.545. The predicted molar refractivity (Wildman–Crippen MR) is 74.0 cm³/mol. The zero-order chi connectivity index (χ0) is 13.7. The highest BCUT2D eigenvalue weighted by atomic mass is 35.5. The van der Waals surface area contributed by atoms with Crippen LogP contribution in [0, 0.1) is 0 Å². The van der Waals surface area contributed by atoms with Crippen molar-refractivity contribution in [1.82, 2.24) is 4.90 Å². The Bertz CT molecular complexity index is 444. The van der Waals surface area contributed by atoms with E-state index in [0.717, 1.165) is 19.6 Å². The molecule has 0 aliphatic carbocycles. The Morgan fingerprint density at radius 2 is 2.11 bits per heavy atom. The smallest absolute Gasteiger partial charge is 0.341 e. The lowest BCUT2D eigenvalue weighted by molar-refractivity contribution is 0.0595. The number of benzene rings is 1. The van der Waals surface area contributed by atoms with Crippen LogP contribution < -0.4 is 4.74 Å². The number of rotatable bonds is 5. The summed E-state index contributed by atoms with van der Waals surface area (Å²) in [6, 6.07) is 4.93. The highest BCUT2D eigenvalue weighted by Crippen LogP contribution is 2.24. The van der Waals surface area contributed by atoms with Gasteiger partial charge in [-0.2, -0.15) is 0 Å². The van der Waals surface area contributed by atoms with E-state index in [4.69, 9.17) is 21.1 Å². The van der Waals surface area contributed by atoms with Gasteiger partial charge in [0.05, 0.1) is 7.11 Å². The van der Waals surface area contributed by atoms with Crippen molar-refractivity contribution in [2.75, 3.05) is 33.4 Å². The van der Waals surface area contributed by atoms with E-state index in [1.807, 2.05) is 0 Å². The van der Waals surface area contributed by atoms with E-state index < -0.39 is 5.97 Å². The Morgan fingerprint density at radius 3 is 2.79 bits per heavy atom. The van der Waals surface area contributed by atoms with Gasteiger partial charge in [0.15, 0.2) is 0 Å². The Labute approximate surface area is 118 Å². The largest absolute Gasteiger partial charge is 0.491 e. The minimum Gasteiger partial charge on any atom is -0.491 e. The fraction of sp³-hybridized carbons (Fsp3) is 0.500. The predicted octanol–water partition coefficient (Wildman–Crippen LogP) is 2.60. The summed E-state index contributed by atoms with van der Waals surface area (Å²) in [5.41, 5.74) is 0.410. The third-order valence-corrected chi connectivity index (χ3v) is 3.45. The van der Waals surface area contributed by atoms with Crippen LogP contribution in [0.3, 0.4) is 0 Å². The molecule has 104 valence electrons. The maximum Gasteiger partial charge on any atom is 0.341 e. The second-order valence-electron chi connectivity index (χ2n) is 4.53. The number of methoxy groups -OCH3 is 1. The van der Waals surface area contributed by atoms with Crippen molar-refractivity contribution in [3.63, 3.8) is 0 Å². The zero-order valence-corrected chi connectivity index (χ0v) is 11.8. The lowest BCUT2D eigenvalue weighted by Crippen LogP contribution is -2.25. The molecule has 0 bridgehead atoms. The maximum absolute atomic E-state index is 11.6. The molecular formula is C14H18ClNO3. The number of nitrogens with zero attached hydrogens (tertiary/aromatic N) is 1. The van der Waals surface area contributed by atoms with E-state index in [2.05, 4.69) is 4.90 Å². The molecule has 0 amide bonds. The van der Waals surface area contributed by atoms with Gasteiger partial charge in [-0.1, -0.05) is 11.6 Å². The summed E-state index contributed by atoms with van der Waals surface area (Å²) >= 11 is 5.93. The molecule has 1 aromatic carbocycles. The Hall–Kier alpha value is -1.26. The molecule has 4 nitrogen and oxygen atoms in total. The van der Waals surface area contributed by atoms with Gasteiger partial charge >= 0.3 is 5.97 Å². The quantitative estimate of drug-likeness (QED) is 0.779. The van der Waals surface area contributed by atoms with Crippen LogP contribution in [0.2, 0.25) is 5.02 Å². The van der Waals surface area contributed by atoms with Gasteiger partial charge in [0, 0.05) is 11.6 Å². The van der Waals surface area contributed by atoms with Crippen LogP contribution in [-0.2, 0) is 4.74 Å². The van der Waals surface area contributed by atoms with Crippen LogP contribution in [0.25, 0.3) is 0 Å². The third-order valence-electron chi connectivity index (χ3n) is 3.21. The van der Waals surface area contributed by atoms with Gasteiger partial charge in [-0.3, -0.25) is 4.90 Å². The number of halogens is 1. The van der Waals surface area contributed by atoms with Gasteiger partial charge in [-0.25, -0.2) is 4.79 Å². The summed E-state index contributed by atoms with van der Waals surface area (Å²) < 4.78 is 10.4. The normalized spacial score (nSPS) is 15.5. The Kier molecular flexibility index (Phi) is 5.05. The summed E-state index contributed by atoms with van der Waals surface area (Å²) in [6.45, 7) is 3.67. The van der Waals surface area contributed by atoms with Crippen LogP contribution in [-0.4, -0.2) is 44.2 Å². The molecule has 2 rings (SSSR count). The van der Waals surface area contributed by atoms with Crippen molar-refractivity contribution in [3.8, 4) is 5.75 Å². The molecule has 0 spiro atoms. The van der Waals surface area contributed by atoms with Gasteiger partial charge in [-0.15, -0.1) is 0 Å². The maximum atomic E-state index is 11.6. The van der Waals surface area contributed by atoms with E-state index in [0.29, 0.717) is 22.9 Å². The summed E-state index contributed by atoms with van der Waals surface area (Å²) in [5.74, 6) is 0.0754. The number of ether oxygens (including phenoxy) is 2. The van der Waals surface area contributed by atoms with Crippen LogP contribution in [0.4, 0.5) is 0 Å². The summed E-state index contributed by atoms with van der Waals surface area (Å²) in [6.07, 6.45) is 2.51. The summed E-state index contributed by atoms with van der Waals surface area (Å²) in [4.78, 5) is 14.0. The molecule has 0 N–H and O–H groups in total. The van der Waals surface area contributed by atoms with Gasteiger partial charge in [0.25, 0.3) is 0 Å². The SMILES string of the molecule is COC(=O)c1ccc(Cl)cc1OCCN1CCCC1. The first kappa shape index (κ1) is 14.2. The fourth-order valence-electron chi connectivity index (χ4n) is 2.19. The number of carbonyl (C=O) groups excluding carboxylic acids is 1. The van der Waals surface area contributed by atoms with E-state index in [1.54, 1.807) is 18.2 Å². The number of hydrogen-bond donors (Lipinski definition) is 0. The Balaban J connectivity index is 1.97. The molecule has 1 heterocycles. The number of carbonyl (C=O) groups is 1. The lowest BCUT2D eigenvalue weighted by Gasteiger charge is -2.16. The van der Waals surface area contributed by atoms with Gasteiger partial charge in [-0.05, 0) is 44.1 Å². The first-order valence-electron chi connectivity index (χ1n) is 6.43. The van der Waals surface area contributed by atoms with Crippen LogP contribution in [0.5, 0.6) is 5.75 Å². The molecule has 0 aromatic heterocycles. The van der Waals surface area contributed by atoms with Gasteiger partial charge < -0.3 is 9.47 Å². The molecule has 1 aliphatic rings. The molecule has 0 atom stereocenters. The molecule has 19 heavy (non-hydrogen) atoms. The van der Waals surface area contributed by atoms with Crippen LogP contribution in [0.1, 0.15) is 23.2 Å². The first-order chi connectivity index (χ1) is 9.20. The van der Waals surface area contributed by atoms with E-state index in [1.165, 1.54) is 20.0 Å². The van der Waals surface area contributed by atoms with Crippen molar-refractivity contribution in [1.29, 1.82) is 0 Å². The second kappa shape index (κ2) is 6.78. The van der Waals surface area contributed by atoms with Crippen LogP contribution in [0.15, 0.2) is 18.2 Å². The zero-order valence-electron chi connectivity index (χ0n) is 11.0. The number of hydrogen-bond acceptors (Lipinski definition) is 4. The molecule has 0 radical (unpaired) electrons. The topological polar surface area (TPSA) is 38.8 Å². The molecule has 1 aromatic rings. The highest BCUT2D eigenvalue weighted by Gasteiger charge is 2.15. The van der Waals surface area contributed by atoms with Crippen molar-refractivity contribution in [2.45, 2.75) is 12.8 Å². The minimum atomic E-state index is -0.409. The molecule has 1 saturated heterocycles. The van der Waals surface area contributed by atoms with Crippen molar-refractivity contribution in [2.24, 2.45) is 0 Å². The minimum absolute atomic E-state index is 0.409. The molecule has 0 unspecified atom stereocenters.